The van der Waals surface area contributed by atoms with Crippen molar-refractivity contribution in [3.8, 4) is 0 Å². The molecule has 29 heavy (non-hydrogen) atoms. The van der Waals surface area contributed by atoms with Gasteiger partial charge in [-0.1, -0.05) is 25.1 Å². The number of nitrogens with one attached hydrogen (secondary N) is 1. The number of fused-ring (bicyclic) bond motifs is 3. The third-order valence-electron chi connectivity index (χ3n) is 4.72. The molecule has 0 fully saturated rings. The van der Waals surface area contributed by atoms with Gasteiger partial charge in [0, 0.05) is 28.9 Å². The predicted molar refractivity (Wildman–Crippen MR) is 107 cm³/mol. The van der Waals surface area contributed by atoms with Crippen LogP contribution in [0.2, 0.25) is 0 Å². The average Bonchev–Trinajstić information content (AvgIpc) is 3.02. The molecule has 0 atom stereocenters. The lowest BCUT2D eigenvalue weighted by molar-refractivity contribution is -0.117. The second-order valence-electron chi connectivity index (χ2n) is 6.71. The Balaban J connectivity index is 1.73. The van der Waals surface area contributed by atoms with E-state index in [4.69, 9.17) is 0 Å². The van der Waals surface area contributed by atoms with Gasteiger partial charge < -0.3 is 9.88 Å². The average molecular weight is 396 g/mol. The van der Waals surface area contributed by atoms with Gasteiger partial charge in [0.05, 0.1) is 11.9 Å². The first kappa shape index (κ1) is 18.8. The van der Waals surface area contributed by atoms with Gasteiger partial charge in [0.25, 0.3) is 5.56 Å². The van der Waals surface area contributed by atoms with E-state index >= 15 is 0 Å². The van der Waals surface area contributed by atoms with E-state index in [1.165, 1.54) is 0 Å². The molecule has 0 aliphatic rings. The highest BCUT2D eigenvalue weighted by molar-refractivity contribution is 6.07. The molecule has 0 radical (unpaired) electrons. The Morgan fingerprint density at radius 1 is 1.14 bits per heavy atom. The van der Waals surface area contributed by atoms with Crippen LogP contribution in [0.25, 0.3) is 21.8 Å². The number of aryl methyl sites for hydroxylation is 1. The molecule has 8 heteroatoms. The number of para-hydroxylation sites is 1. The summed E-state index contributed by atoms with van der Waals surface area (Å²) in [5.41, 5.74) is 0.686. The molecule has 2 aromatic heterocycles. The number of benzene rings is 2. The van der Waals surface area contributed by atoms with Gasteiger partial charge in [-0.25, -0.2) is 13.5 Å². The zero-order valence-electron chi connectivity index (χ0n) is 15.7. The molecule has 0 aliphatic carbocycles. The Hall–Kier alpha value is -3.55. The molecule has 4 rings (SSSR count). The number of anilines is 1. The van der Waals surface area contributed by atoms with Crippen LogP contribution in [0.15, 0.2) is 53.5 Å². The fraction of sp³-hybridized carbons (Fsp3) is 0.190. The summed E-state index contributed by atoms with van der Waals surface area (Å²) in [6.45, 7) is 2.24. The number of hydrogen-bond acceptors (Lipinski definition) is 3. The van der Waals surface area contributed by atoms with Gasteiger partial charge in [0.1, 0.15) is 23.7 Å². The number of amides is 1. The van der Waals surface area contributed by atoms with Crippen LogP contribution in [0, 0.1) is 11.6 Å². The second-order valence-corrected chi connectivity index (χ2v) is 6.71. The first-order valence-electron chi connectivity index (χ1n) is 9.21. The minimum atomic E-state index is -0.765. The Morgan fingerprint density at radius 3 is 2.72 bits per heavy atom. The van der Waals surface area contributed by atoms with E-state index in [9.17, 15) is 18.4 Å². The molecule has 0 saturated carbocycles. The molecule has 0 bridgehead atoms. The highest BCUT2D eigenvalue weighted by atomic mass is 19.1. The van der Waals surface area contributed by atoms with Crippen LogP contribution in [0.3, 0.4) is 0 Å². The minimum absolute atomic E-state index is 0.288. The van der Waals surface area contributed by atoms with Gasteiger partial charge in [-0.15, -0.1) is 0 Å². The number of hydrogen-bond donors (Lipinski definition) is 1. The summed E-state index contributed by atoms with van der Waals surface area (Å²) in [5.74, 6) is -2.12. The van der Waals surface area contributed by atoms with Crippen molar-refractivity contribution in [3.63, 3.8) is 0 Å². The number of aromatic nitrogens is 3. The van der Waals surface area contributed by atoms with E-state index < -0.39 is 29.6 Å². The number of halogens is 2. The number of carbonyl (C=O) groups excluding carboxylic acids is 1. The Morgan fingerprint density at radius 2 is 1.93 bits per heavy atom. The molecule has 148 valence electrons. The van der Waals surface area contributed by atoms with Crippen LogP contribution in [0.4, 0.5) is 14.5 Å². The summed E-state index contributed by atoms with van der Waals surface area (Å²) in [7, 11) is 0. The molecule has 6 nitrogen and oxygen atoms in total. The lowest BCUT2D eigenvalue weighted by Gasteiger charge is -2.09. The fourth-order valence-electron chi connectivity index (χ4n) is 3.48. The Labute approximate surface area is 164 Å². The van der Waals surface area contributed by atoms with Gasteiger partial charge in [-0.2, -0.15) is 5.10 Å². The molecule has 2 aromatic carbocycles. The van der Waals surface area contributed by atoms with Crippen molar-refractivity contribution in [2.75, 3.05) is 5.32 Å². The Kier molecular flexibility index (Phi) is 4.84. The van der Waals surface area contributed by atoms with Crippen LogP contribution in [-0.4, -0.2) is 20.3 Å². The van der Waals surface area contributed by atoms with E-state index in [1.54, 1.807) is 6.20 Å². The van der Waals surface area contributed by atoms with Crippen LogP contribution in [0.5, 0.6) is 0 Å². The maximum atomic E-state index is 13.7. The van der Waals surface area contributed by atoms with Gasteiger partial charge in [-0.05, 0) is 24.6 Å². The monoisotopic (exact) mass is 396 g/mol. The number of rotatable bonds is 5. The van der Waals surface area contributed by atoms with E-state index in [2.05, 4.69) is 10.4 Å². The molecule has 1 amide bonds. The van der Waals surface area contributed by atoms with Crippen molar-refractivity contribution < 1.29 is 13.6 Å². The lowest BCUT2D eigenvalue weighted by atomic mass is 10.2. The molecule has 2 heterocycles. The summed E-state index contributed by atoms with van der Waals surface area (Å²) < 4.78 is 30.0. The molecule has 0 unspecified atom stereocenters. The molecule has 0 spiro atoms. The molecule has 4 aromatic rings. The van der Waals surface area contributed by atoms with Crippen molar-refractivity contribution in [2.45, 2.75) is 26.4 Å². The third kappa shape index (κ3) is 3.37. The van der Waals surface area contributed by atoms with Crippen molar-refractivity contribution in [2.24, 2.45) is 0 Å². The Bertz CT molecular complexity index is 1290. The van der Waals surface area contributed by atoms with Crippen LogP contribution >= 0.6 is 0 Å². The summed E-state index contributed by atoms with van der Waals surface area (Å²) in [6.07, 6.45) is 2.39. The van der Waals surface area contributed by atoms with Crippen LogP contribution < -0.4 is 10.9 Å². The maximum Gasteiger partial charge on any atom is 0.291 e. The highest BCUT2D eigenvalue weighted by Gasteiger charge is 2.17. The van der Waals surface area contributed by atoms with Gasteiger partial charge in [0.15, 0.2) is 0 Å². The first-order valence-corrected chi connectivity index (χ1v) is 9.21. The van der Waals surface area contributed by atoms with Crippen molar-refractivity contribution in [3.05, 3.63) is 70.6 Å². The molecule has 0 saturated heterocycles. The highest BCUT2D eigenvalue weighted by Crippen LogP contribution is 2.26. The van der Waals surface area contributed by atoms with E-state index in [1.807, 2.05) is 35.8 Å². The summed E-state index contributed by atoms with van der Waals surface area (Å²) in [6, 6.07) is 10.4. The van der Waals surface area contributed by atoms with E-state index in [0.717, 1.165) is 40.2 Å². The largest absolute Gasteiger partial charge is 0.336 e. The van der Waals surface area contributed by atoms with Gasteiger partial charge in [-0.3, -0.25) is 9.59 Å². The van der Waals surface area contributed by atoms with Crippen molar-refractivity contribution in [1.82, 2.24) is 14.3 Å². The quantitative estimate of drug-likeness (QED) is 0.560. The third-order valence-corrected chi connectivity index (χ3v) is 4.72. The predicted octanol–water partition coefficient (Wildman–Crippen LogP) is 3.68. The van der Waals surface area contributed by atoms with E-state index in [-0.39, 0.29) is 5.69 Å². The van der Waals surface area contributed by atoms with E-state index in [0.29, 0.717) is 17.4 Å². The van der Waals surface area contributed by atoms with Gasteiger partial charge in [0.2, 0.25) is 5.91 Å². The summed E-state index contributed by atoms with van der Waals surface area (Å²) >= 11 is 0. The molecule has 0 aliphatic heterocycles. The number of nitrogens with zero attached hydrogens (tertiary/aromatic N) is 3. The molecular weight excluding hydrogens is 378 g/mol. The SMILES string of the molecule is CCCn1c2ccccc2c2cnn(CC(=O)Nc3cc(F)ccc3F)c(=O)c21. The second kappa shape index (κ2) is 7.46. The smallest absolute Gasteiger partial charge is 0.291 e. The lowest BCUT2D eigenvalue weighted by Crippen LogP contribution is -2.30. The number of carbonyl (C=O) groups is 1. The standard InChI is InChI=1S/C21H18F2N4O2/c1-2-9-26-18-6-4-3-5-14(18)15-11-24-27(21(29)20(15)26)12-19(28)25-17-10-13(22)7-8-16(17)23/h3-8,10-11H,2,9,12H2,1H3,(H,25,28). The van der Waals surface area contributed by atoms with Crippen molar-refractivity contribution in [1.29, 1.82) is 0 Å². The maximum absolute atomic E-state index is 13.7. The molecular formula is C21H18F2N4O2. The minimum Gasteiger partial charge on any atom is -0.336 e. The summed E-state index contributed by atoms with van der Waals surface area (Å²) in [5, 5.41) is 8.02. The fourth-order valence-corrected chi connectivity index (χ4v) is 3.48. The van der Waals surface area contributed by atoms with Gasteiger partial charge >= 0.3 is 0 Å². The normalized spacial score (nSPS) is 11.3. The van der Waals surface area contributed by atoms with Crippen LogP contribution in [0.1, 0.15) is 13.3 Å². The molecule has 1 N–H and O–H groups in total. The van der Waals surface area contributed by atoms with Crippen LogP contribution in [-0.2, 0) is 17.9 Å². The first-order chi connectivity index (χ1) is 14.0. The summed E-state index contributed by atoms with van der Waals surface area (Å²) in [4.78, 5) is 25.4. The van der Waals surface area contributed by atoms with Crippen molar-refractivity contribution >= 4 is 33.4 Å². The topological polar surface area (TPSA) is 68.9 Å². The zero-order chi connectivity index (χ0) is 20.5. The zero-order valence-corrected chi connectivity index (χ0v) is 15.7.